The second kappa shape index (κ2) is 10.8. The van der Waals surface area contributed by atoms with E-state index in [1.54, 1.807) is 30.5 Å². The van der Waals surface area contributed by atoms with Crippen molar-refractivity contribution < 1.29 is 4.79 Å². The van der Waals surface area contributed by atoms with Crippen LogP contribution in [-0.2, 0) is 0 Å². The van der Waals surface area contributed by atoms with Gasteiger partial charge in [-0.05, 0) is 43.1 Å². The van der Waals surface area contributed by atoms with Crippen molar-refractivity contribution in [1.82, 2.24) is 19.5 Å². The molecule has 1 saturated heterocycles. The molecule has 1 aliphatic carbocycles. The summed E-state index contributed by atoms with van der Waals surface area (Å²) in [5.74, 6) is 1.18. The molecule has 29 heavy (non-hydrogen) atoms. The molecule has 2 fully saturated rings. The highest BCUT2D eigenvalue weighted by Gasteiger charge is 2.19. The number of nitrogens with one attached hydrogen (secondary N) is 1. The predicted molar refractivity (Wildman–Crippen MR) is 123 cm³/mol. The van der Waals surface area contributed by atoms with E-state index in [4.69, 9.17) is 0 Å². The molecule has 1 aromatic carbocycles. The summed E-state index contributed by atoms with van der Waals surface area (Å²) in [5.41, 5.74) is 0. The van der Waals surface area contributed by atoms with Gasteiger partial charge in [-0.3, -0.25) is 0 Å². The molecule has 2 amide bonds. The van der Waals surface area contributed by atoms with Gasteiger partial charge in [0.05, 0.1) is 4.70 Å². The van der Waals surface area contributed by atoms with Crippen molar-refractivity contribution in [2.24, 2.45) is 0 Å². The normalized spacial score (nSPS) is 18.2. The van der Waals surface area contributed by atoms with E-state index in [9.17, 15) is 4.79 Å². The fourth-order valence-corrected chi connectivity index (χ4v) is 4.72. The van der Waals surface area contributed by atoms with E-state index in [1.807, 2.05) is 0 Å². The van der Waals surface area contributed by atoms with Gasteiger partial charge in [-0.1, -0.05) is 38.3 Å². The van der Waals surface area contributed by atoms with Crippen LogP contribution in [0, 0.1) is 0 Å². The van der Waals surface area contributed by atoms with Crippen molar-refractivity contribution in [1.29, 1.82) is 0 Å². The number of anilines is 1. The molecule has 160 valence electrons. The van der Waals surface area contributed by atoms with Crippen molar-refractivity contribution in [3.63, 3.8) is 0 Å². The minimum Gasteiger partial charge on any atom is -0.353 e. The van der Waals surface area contributed by atoms with Crippen molar-refractivity contribution in [2.75, 3.05) is 51.7 Å². The maximum Gasteiger partial charge on any atom is 0.317 e. The largest absolute Gasteiger partial charge is 0.353 e. The zero-order valence-electron chi connectivity index (χ0n) is 18.1. The SMILES string of the molecule is CCN1CCN(c2nsc3ccccc23)CC1.CN(C)C(=O)NC1CCCCC1. The summed E-state index contributed by atoms with van der Waals surface area (Å²) in [6.07, 6.45) is 6.16. The maximum absolute atomic E-state index is 11.2. The number of piperazine rings is 1. The van der Waals surface area contributed by atoms with Crippen LogP contribution in [0.15, 0.2) is 24.3 Å². The number of likely N-dealkylation sites (N-methyl/N-ethyl adjacent to an activating group) is 1. The van der Waals surface area contributed by atoms with Crippen LogP contribution in [0.5, 0.6) is 0 Å². The zero-order chi connectivity index (χ0) is 20.6. The van der Waals surface area contributed by atoms with Crippen LogP contribution >= 0.6 is 11.5 Å². The Morgan fingerprint density at radius 1 is 1.14 bits per heavy atom. The second-order valence-electron chi connectivity index (χ2n) is 8.10. The third-order valence-corrected chi connectivity index (χ3v) is 6.63. The monoisotopic (exact) mass is 417 g/mol. The first kappa shape index (κ1) is 21.8. The van der Waals surface area contributed by atoms with E-state index in [2.05, 4.69) is 50.7 Å². The van der Waals surface area contributed by atoms with Crippen molar-refractivity contribution >= 4 is 33.5 Å². The first-order valence-electron chi connectivity index (χ1n) is 10.9. The lowest BCUT2D eigenvalue weighted by Gasteiger charge is -2.34. The lowest BCUT2D eigenvalue weighted by atomic mass is 9.96. The Hall–Kier alpha value is -1.86. The van der Waals surface area contributed by atoms with Crippen LogP contribution in [-0.4, -0.2) is 73.1 Å². The average molecular weight is 418 g/mol. The van der Waals surface area contributed by atoms with E-state index in [0.717, 1.165) is 45.6 Å². The van der Waals surface area contributed by atoms with Crippen LogP contribution in [0.4, 0.5) is 10.6 Å². The summed E-state index contributed by atoms with van der Waals surface area (Å²) in [4.78, 5) is 17.7. The van der Waals surface area contributed by atoms with Gasteiger partial charge in [-0.15, -0.1) is 0 Å². The number of carbonyl (C=O) groups excluding carboxylic acids is 1. The molecular formula is C22H35N5OS. The molecular weight excluding hydrogens is 382 g/mol. The molecule has 2 aromatic rings. The summed E-state index contributed by atoms with van der Waals surface area (Å²) in [5, 5.41) is 4.31. The standard InChI is InChI=1S/C13H17N3S.C9H18N2O/c1-2-15-7-9-16(10-8-15)13-11-5-3-4-6-12(11)17-14-13;1-11(2)9(12)10-8-6-4-3-5-7-8/h3-6H,2,7-10H2,1H3;8H,3-7H2,1-2H3,(H,10,12). The molecule has 0 bridgehead atoms. The quantitative estimate of drug-likeness (QED) is 0.819. The zero-order valence-corrected chi connectivity index (χ0v) is 18.9. The van der Waals surface area contributed by atoms with Gasteiger partial charge in [0.1, 0.15) is 5.82 Å². The molecule has 4 rings (SSSR count). The number of rotatable bonds is 3. The van der Waals surface area contributed by atoms with Crippen LogP contribution in [0.25, 0.3) is 10.1 Å². The number of benzene rings is 1. The lowest BCUT2D eigenvalue weighted by Crippen LogP contribution is -2.46. The van der Waals surface area contributed by atoms with Crippen LogP contribution in [0.2, 0.25) is 0 Å². The summed E-state index contributed by atoms with van der Waals surface area (Å²) >= 11 is 1.61. The Bertz CT molecular complexity index is 763. The number of hydrogen-bond donors (Lipinski definition) is 1. The molecule has 1 aliphatic heterocycles. The lowest BCUT2D eigenvalue weighted by molar-refractivity contribution is 0.209. The van der Waals surface area contributed by atoms with Crippen molar-refractivity contribution in [3.05, 3.63) is 24.3 Å². The predicted octanol–water partition coefficient (Wildman–Crippen LogP) is 4.03. The molecule has 0 spiro atoms. The summed E-state index contributed by atoms with van der Waals surface area (Å²) < 4.78 is 5.91. The van der Waals surface area contributed by atoms with Crippen molar-refractivity contribution in [2.45, 2.75) is 45.1 Å². The topological polar surface area (TPSA) is 51.7 Å². The third kappa shape index (κ3) is 6.06. The van der Waals surface area contributed by atoms with Crippen LogP contribution in [0.3, 0.4) is 0 Å². The van der Waals surface area contributed by atoms with E-state index >= 15 is 0 Å². The molecule has 0 unspecified atom stereocenters. The van der Waals surface area contributed by atoms with E-state index in [1.165, 1.54) is 35.2 Å². The highest BCUT2D eigenvalue weighted by molar-refractivity contribution is 7.13. The molecule has 1 aromatic heterocycles. The van der Waals surface area contributed by atoms with Gasteiger partial charge in [-0.25, -0.2) is 4.79 Å². The minimum atomic E-state index is 0.0434. The van der Waals surface area contributed by atoms with Gasteiger partial charge in [0.25, 0.3) is 0 Å². The molecule has 0 atom stereocenters. The highest BCUT2D eigenvalue weighted by atomic mass is 32.1. The maximum atomic E-state index is 11.2. The molecule has 6 nitrogen and oxygen atoms in total. The number of fused-ring (bicyclic) bond motifs is 1. The van der Waals surface area contributed by atoms with E-state index < -0.39 is 0 Å². The Labute approximate surface area is 179 Å². The van der Waals surface area contributed by atoms with Gasteiger partial charge in [0.15, 0.2) is 0 Å². The van der Waals surface area contributed by atoms with Gasteiger partial charge in [0, 0.05) is 51.7 Å². The second-order valence-corrected chi connectivity index (χ2v) is 8.91. The smallest absolute Gasteiger partial charge is 0.317 e. The molecule has 2 aliphatic rings. The third-order valence-electron chi connectivity index (χ3n) is 5.82. The number of hydrogen-bond acceptors (Lipinski definition) is 5. The Morgan fingerprint density at radius 3 is 2.48 bits per heavy atom. The fourth-order valence-electron chi connectivity index (χ4n) is 3.93. The van der Waals surface area contributed by atoms with Crippen molar-refractivity contribution in [3.8, 4) is 0 Å². The molecule has 1 saturated carbocycles. The van der Waals surface area contributed by atoms with Crippen LogP contribution in [0.1, 0.15) is 39.0 Å². The Kier molecular flexibility index (Phi) is 8.12. The molecule has 2 heterocycles. The number of amides is 2. The number of carbonyl (C=O) groups is 1. The summed E-state index contributed by atoms with van der Waals surface area (Å²) in [6.45, 7) is 7.90. The molecule has 0 radical (unpaired) electrons. The van der Waals surface area contributed by atoms with Gasteiger partial charge in [-0.2, -0.15) is 4.37 Å². The van der Waals surface area contributed by atoms with Crippen LogP contribution < -0.4 is 10.2 Å². The number of urea groups is 1. The molecule has 7 heteroatoms. The van der Waals surface area contributed by atoms with Gasteiger partial charge < -0.3 is 20.0 Å². The van der Waals surface area contributed by atoms with Gasteiger partial charge in [0.2, 0.25) is 0 Å². The minimum absolute atomic E-state index is 0.0434. The summed E-state index contributed by atoms with van der Waals surface area (Å²) in [6, 6.07) is 8.98. The summed E-state index contributed by atoms with van der Waals surface area (Å²) in [7, 11) is 3.55. The first-order chi connectivity index (χ1) is 14.1. The average Bonchev–Trinajstić information content (AvgIpc) is 3.19. The Morgan fingerprint density at radius 2 is 1.83 bits per heavy atom. The van der Waals surface area contributed by atoms with E-state index in [0.29, 0.717) is 6.04 Å². The number of nitrogens with zero attached hydrogens (tertiary/aromatic N) is 4. The van der Waals surface area contributed by atoms with E-state index in [-0.39, 0.29) is 6.03 Å². The first-order valence-corrected chi connectivity index (χ1v) is 11.7. The molecule has 1 N–H and O–H groups in total. The number of aromatic nitrogens is 1. The fraction of sp³-hybridized carbons (Fsp3) is 0.636. The Balaban J connectivity index is 0.000000177. The highest BCUT2D eigenvalue weighted by Crippen LogP contribution is 2.29. The van der Waals surface area contributed by atoms with Gasteiger partial charge >= 0.3 is 6.03 Å².